The van der Waals surface area contributed by atoms with Gasteiger partial charge in [-0.05, 0) is 37.5 Å². The van der Waals surface area contributed by atoms with E-state index in [9.17, 15) is 13.2 Å². The first-order chi connectivity index (χ1) is 9.99. The van der Waals surface area contributed by atoms with Gasteiger partial charge in [-0.1, -0.05) is 25.5 Å². The van der Waals surface area contributed by atoms with Crippen molar-refractivity contribution in [2.24, 2.45) is 0 Å². The number of esters is 1. The van der Waals surface area contributed by atoms with Gasteiger partial charge < -0.3 is 4.74 Å². The Morgan fingerprint density at radius 3 is 2.43 bits per heavy atom. The molecule has 0 aromatic heterocycles. The van der Waals surface area contributed by atoms with Gasteiger partial charge in [0.25, 0.3) is 0 Å². The average molecular weight is 313 g/mol. The number of sulfonamides is 1. The second-order valence-electron chi connectivity index (χ2n) is 4.70. The maximum absolute atomic E-state index is 12.0. The van der Waals surface area contributed by atoms with E-state index in [1.54, 1.807) is 19.1 Å². The van der Waals surface area contributed by atoms with Gasteiger partial charge in [0, 0.05) is 6.54 Å². The Balaban J connectivity index is 2.55. The summed E-state index contributed by atoms with van der Waals surface area (Å²) in [6, 6.07) is 6.85. The Labute approximate surface area is 126 Å². The van der Waals surface area contributed by atoms with Gasteiger partial charge in [0.15, 0.2) is 0 Å². The molecule has 0 fully saturated rings. The number of carbonyl (C=O) groups is 1. The molecular formula is C15H23NO4S. The topological polar surface area (TPSA) is 72.5 Å². The summed E-state index contributed by atoms with van der Waals surface area (Å²) < 4.78 is 31.2. The number of hydrogen-bond donors (Lipinski definition) is 1. The summed E-state index contributed by atoms with van der Waals surface area (Å²) in [5.74, 6) is -0.407. The summed E-state index contributed by atoms with van der Waals surface area (Å²) in [6.45, 7) is 4.16. The van der Waals surface area contributed by atoms with Gasteiger partial charge in [-0.3, -0.25) is 4.79 Å². The molecule has 118 valence electrons. The Kier molecular flexibility index (Phi) is 7.39. The molecule has 0 aliphatic rings. The van der Waals surface area contributed by atoms with E-state index >= 15 is 0 Å². The van der Waals surface area contributed by atoms with E-state index in [4.69, 9.17) is 4.74 Å². The molecule has 0 heterocycles. The molecule has 0 saturated carbocycles. The van der Waals surface area contributed by atoms with Crippen LogP contribution in [0.1, 0.15) is 38.7 Å². The van der Waals surface area contributed by atoms with E-state index in [1.807, 2.05) is 12.1 Å². The summed E-state index contributed by atoms with van der Waals surface area (Å²) in [6.07, 6.45) is 3.17. The van der Waals surface area contributed by atoms with Crippen molar-refractivity contribution in [2.75, 3.05) is 13.2 Å². The molecule has 1 aromatic carbocycles. The van der Waals surface area contributed by atoms with Crippen molar-refractivity contribution in [2.45, 2.75) is 44.4 Å². The third-order valence-corrected chi connectivity index (χ3v) is 4.46. The molecule has 1 aromatic rings. The molecule has 0 spiro atoms. The molecule has 5 nitrogen and oxygen atoms in total. The van der Waals surface area contributed by atoms with Crippen molar-refractivity contribution in [1.29, 1.82) is 0 Å². The van der Waals surface area contributed by atoms with Crippen LogP contribution < -0.4 is 4.72 Å². The van der Waals surface area contributed by atoms with Gasteiger partial charge in [0.1, 0.15) is 0 Å². The minimum absolute atomic E-state index is 0.0294. The molecule has 1 N–H and O–H groups in total. The van der Waals surface area contributed by atoms with E-state index in [2.05, 4.69) is 11.6 Å². The normalized spacial score (nSPS) is 11.3. The summed E-state index contributed by atoms with van der Waals surface area (Å²) in [7, 11) is -3.57. The fourth-order valence-corrected chi connectivity index (χ4v) is 2.85. The highest BCUT2D eigenvalue weighted by Gasteiger charge is 2.14. The molecule has 0 bridgehead atoms. The molecule has 6 heteroatoms. The maximum Gasteiger partial charge on any atom is 0.307 e. The smallest absolute Gasteiger partial charge is 0.307 e. The lowest BCUT2D eigenvalue weighted by Gasteiger charge is -2.07. The first kappa shape index (κ1) is 17.7. The highest BCUT2D eigenvalue weighted by molar-refractivity contribution is 7.89. The monoisotopic (exact) mass is 313 g/mol. The van der Waals surface area contributed by atoms with E-state index < -0.39 is 16.0 Å². The maximum atomic E-state index is 12.0. The Morgan fingerprint density at radius 1 is 1.19 bits per heavy atom. The van der Waals surface area contributed by atoms with E-state index in [0.717, 1.165) is 24.8 Å². The average Bonchev–Trinajstić information content (AvgIpc) is 2.45. The molecule has 0 atom stereocenters. The van der Waals surface area contributed by atoms with E-state index in [1.165, 1.54) is 0 Å². The van der Waals surface area contributed by atoms with Crippen molar-refractivity contribution in [1.82, 2.24) is 4.72 Å². The molecule has 21 heavy (non-hydrogen) atoms. The minimum Gasteiger partial charge on any atom is -0.466 e. The molecular weight excluding hydrogens is 290 g/mol. The minimum atomic E-state index is -3.57. The van der Waals surface area contributed by atoms with Crippen molar-refractivity contribution in [3.05, 3.63) is 29.8 Å². The van der Waals surface area contributed by atoms with Crippen LogP contribution in [0.3, 0.4) is 0 Å². The summed E-state index contributed by atoms with van der Waals surface area (Å²) in [4.78, 5) is 11.4. The predicted octanol–water partition coefficient (Wildman–Crippen LogP) is 2.26. The Hall–Kier alpha value is -1.40. The first-order valence-electron chi connectivity index (χ1n) is 7.23. The third-order valence-electron chi connectivity index (χ3n) is 2.98. The van der Waals surface area contributed by atoms with Gasteiger partial charge in [-0.15, -0.1) is 0 Å². The van der Waals surface area contributed by atoms with Crippen LogP contribution in [0.2, 0.25) is 0 Å². The van der Waals surface area contributed by atoms with Crippen molar-refractivity contribution in [3.63, 3.8) is 0 Å². The lowest BCUT2D eigenvalue weighted by molar-refractivity contribution is -0.142. The van der Waals surface area contributed by atoms with Crippen LogP contribution in [-0.4, -0.2) is 27.5 Å². The number of rotatable bonds is 9. The second-order valence-corrected chi connectivity index (χ2v) is 6.47. The van der Waals surface area contributed by atoms with Gasteiger partial charge in [0.2, 0.25) is 10.0 Å². The van der Waals surface area contributed by atoms with Gasteiger partial charge in [0.05, 0.1) is 17.9 Å². The number of aryl methyl sites for hydroxylation is 1. The number of unbranched alkanes of at least 4 members (excludes halogenated alkanes) is 1. The number of carbonyl (C=O) groups excluding carboxylic acids is 1. The molecule has 0 amide bonds. The molecule has 0 saturated heterocycles. The highest BCUT2D eigenvalue weighted by atomic mass is 32.2. The quantitative estimate of drug-likeness (QED) is 0.710. The van der Waals surface area contributed by atoms with Crippen LogP contribution in [-0.2, 0) is 26.0 Å². The predicted molar refractivity (Wildman–Crippen MR) is 81.5 cm³/mol. The van der Waals surface area contributed by atoms with Crippen LogP contribution in [0.25, 0.3) is 0 Å². The SMILES string of the molecule is CCCCc1ccc(S(=O)(=O)NCCC(=O)OCC)cc1. The van der Waals surface area contributed by atoms with Gasteiger partial charge in [-0.25, -0.2) is 13.1 Å². The zero-order valence-corrected chi connectivity index (χ0v) is 13.4. The second kappa shape index (κ2) is 8.79. The lowest BCUT2D eigenvalue weighted by Crippen LogP contribution is -2.26. The number of nitrogens with one attached hydrogen (secondary N) is 1. The molecule has 0 unspecified atom stereocenters. The van der Waals surface area contributed by atoms with Crippen molar-refractivity contribution < 1.29 is 17.9 Å². The van der Waals surface area contributed by atoms with Gasteiger partial charge in [-0.2, -0.15) is 0 Å². The zero-order chi connectivity index (χ0) is 15.7. The number of benzene rings is 1. The Bertz CT molecular complexity index is 537. The first-order valence-corrected chi connectivity index (χ1v) is 8.72. The fourth-order valence-electron chi connectivity index (χ4n) is 1.82. The molecule has 1 rings (SSSR count). The summed E-state index contributed by atoms with van der Waals surface area (Å²) in [5, 5.41) is 0. The van der Waals surface area contributed by atoms with Crippen LogP contribution in [0.15, 0.2) is 29.2 Å². The number of hydrogen-bond acceptors (Lipinski definition) is 4. The fraction of sp³-hybridized carbons (Fsp3) is 0.533. The van der Waals surface area contributed by atoms with E-state index in [0.29, 0.717) is 6.61 Å². The highest BCUT2D eigenvalue weighted by Crippen LogP contribution is 2.12. The van der Waals surface area contributed by atoms with Crippen molar-refractivity contribution >= 4 is 16.0 Å². The third kappa shape index (κ3) is 6.27. The number of ether oxygens (including phenoxy) is 1. The molecule has 0 aliphatic carbocycles. The largest absolute Gasteiger partial charge is 0.466 e. The standard InChI is InChI=1S/C15H23NO4S/c1-3-5-6-13-7-9-14(10-8-13)21(18,19)16-12-11-15(17)20-4-2/h7-10,16H,3-6,11-12H2,1-2H3. The van der Waals surface area contributed by atoms with Crippen LogP contribution >= 0.6 is 0 Å². The lowest BCUT2D eigenvalue weighted by atomic mass is 10.1. The zero-order valence-electron chi connectivity index (χ0n) is 12.6. The summed E-state index contributed by atoms with van der Waals surface area (Å²) in [5.41, 5.74) is 1.13. The van der Waals surface area contributed by atoms with E-state index in [-0.39, 0.29) is 17.9 Å². The van der Waals surface area contributed by atoms with Crippen LogP contribution in [0, 0.1) is 0 Å². The molecule has 0 aliphatic heterocycles. The van der Waals surface area contributed by atoms with Crippen LogP contribution in [0.5, 0.6) is 0 Å². The van der Waals surface area contributed by atoms with Gasteiger partial charge >= 0.3 is 5.97 Å². The Morgan fingerprint density at radius 2 is 1.86 bits per heavy atom. The molecule has 0 radical (unpaired) electrons. The summed E-state index contributed by atoms with van der Waals surface area (Å²) >= 11 is 0. The van der Waals surface area contributed by atoms with Crippen molar-refractivity contribution in [3.8, 4) is 0 Å². The van der Waals surface area contributed by atoms with Crippen LogP contribution in [0.4, 0.5) is 0 Å².